The number of ether oxygens (including phenoxy) is 1. The zero-order chi connectivity index (χ0) is 11.4. The highest BCUT2D eigenvalue weighted by Crippen LogP contribution is 2.16. The summed E-state index contributed by atoms with van der Waals surface area (Å²) in [6, 6.07) is 7.93. The summed E-state index contributed by atoms with van der Waals surface area (Å²) in [5.74, 6) is 0.901. The average molecular weight is 215 g/mol. The predicted molar refractivity (Wildman–Crippen MR) is 62.8 cm³/mol. The zero-order valence-electron chi connectivity index (χ0n) is 9.55. The Morgan fingerprint density at radius 2 is 2.12 bits per heavy atom. The van der Waals surface area contributed by atoms with Crippen molar-refractivity contribution in [3.05, 3.63) is 43.0 Å². The van der Waals surface area contributed by atoms with Crippen LogP contribution in [0.3, 0.4) is 0 Å². The minimum absolute atomic E-state index is 0.255. The molecule has 1 aromatic carbocycles. The molecular weight excluding hydrogens is 200 g/mol. The molecular formula is C13H15N2O. The molecule has 1 atom stereocenters. The lowest BCUT2D eigenvalue weighted by Crippen LogP contribution is -2.09. The van der Waals surface area contributed by atoms with Crippen LogP contribution in [0.25, 0.3) is 5.69 Å². The quantitative estimate of drug-likeness (QED) is 0.784. The van der Waals surface area contributed by atoms with Crippen LogP contribution in [0.2, 0.25) is 0 Å². The van der Waals surface area contributed by atoms with E-state index in [4.69, 9.17) is 4.74 Å². The van der Waals surface area contributed by atoms with Crippen LogP contribution in [0.15, 0.2) is 36.7 Å². The van der Waals surface area contributed by atoms with Crippen molar-refractivity contribution in [2.24, 2.45) is 0 Å². The second-order valence-electron chi connectivity index (χ2n) is 3.73. The standard InChI is InChI=1S/C13H15N2O/c1-3-11(2)16-13-6-4-12(5-7-13)15-9-8-14-10-15/h4-9,11H,3H2,1-2H3. The summed E-state index contributed by atoms with van der Waals surface area (Å²) in [5, 5.41) is 0. The minimum atomic E-state index is 0.255. The van der Waals surface area contributed by atoms with E-state index in [-0.39, 0.29) is 6.10 Å². The first-order valence-electron chi connectivity index (χ1n) is 5.47. The summed E-state index contributed by atoms with van der Waals surface area (Å²) in [5.41, 5.74) is 1.04. The largest absolute Gasteiger partial charge is 0.491 e. The Morgan fingerprint density at radius 3 is 2.69 bits per heavy atom. The van der Waals surface area contributed by atoms with Crippen molar-refractivity contribution < 1.29 is 4.74 Å². The van der Waals surface area contributed by atoms with Gasteiger partial charge in [0.2, 0.25) is 0 Å². The van der Waals surface area contributed by atoms with E-state index in [1.165, 1.54) is 0 Å². The van der Waals surface area contributed by atoms with Gasteiger partial charge in [-0.25, -0.2) is 4.98 Å². The van der Waals surface area contributed by atoms with Crippen molar-refractivity contribution in [3.8, 4) is 11.4 Å². The molecule has 1 radical (unpaired) electrons. The van der Waals surface area contributed by atoms with Crippen LogP contribution in [0, 0.1) is 6.33 Å². The lowest BCUT2D eigenvalue weighted by atomic mass is 10.3. The third kappa shape index (κ3) is 2.42. The smallest absolute Gasteiger partial charge is 0.181 e. The minimum Gasteiger partial charge on any atom is -0.491 e. The molecule has 16 heavy (non-hydrogen) atoms. The fourth-order valence-corrected chi connectivity index (χ4v) is 1.37. The van der Waals surface area contributed by atoms with E-state index >= 15 is 0 Å². The van der Waals surface area contributed by atoms with Crippen LogP contribution in [-0.2, 0) is 0 Å². The second kappa shape index (κ2) is 4.84. The Morgan fingerprint density at radius 1 is 1.38 bits per heavy atom. The van der Waals surface area contributed by atoms with E-state index in [1.807, 2.05) is 35.0 Å². The van der Waals surface area contributed by atoms with Crippen molar-refractivity contribution in [3.63, 3.8) is 0 Å². The predicted octanol–water partition coefficient (Wildman–Crippen LogP) is 2.85. The third-order valence-corrected chi connectivity index (χ3v) is 2.48. The summed E-state index contributed by atoms with van der Waals surface area (Å²) in [7, 11) is 0. The molecule has 0 fully saturated rings. The van der Waals surface area contributed by atoms with Gasteiger partial charge in [-0.15, -0.1) is 0 Å². The fourth-order valence-electron chi connectivity index (χ4n) is 1.37. The highest BCUT2D eigenvalue weighted by molar-refractivity contribution is 5.37. The van der Waals surface area contributed by atoms with Crippen molar-refractivity contribution in [1.82, 2.24) is 9.55 Å². The number of imidazole rings is 1. The first-order valence-corrected chi connectivity index (χ1v) is 5.47. The molecule has 0 spiro atoms. The van der Waals surface area contributed by atoms with Gasteiger partial charge in [0.05, 0.1) is 6.10 Å². The summed E-state index contributed by atoms with van der Waals surface area (Å²) in [6.07, 6.45) is 7.69. The molecule has 0 saturated heterocycles. The molecule has 1 aromatic heterocycles. The van der Waals surface area contributed by atoms with E-state index < -0.39 is 0 Å². The summed E-state index contributed by atoms with van der Waals surface area (Å²) >= 11 is 0. The molecule has 0 aliphatic rings. The number of nitrogens with zero attached hydrogens (tertiary/aromatic N) is 2. The molecule has 0 amide bonds. The fraction of sp³-hybridized carbons (Fsp3) is 0.308. The Hall–Kier alpha value is -1.77. The van der Waals surface area contributed by atoms with E-state index in [0.717, 1.165) is 17.9 Å². The molecule has 1 unspecified atom stereocenters. The van der Waals surface area contributed by atoms with Crippen LogP contribution >= 0.6 is 0 Å². The van der Waals surface area contributed by atoms with Crippen molar-refractivity contribution >= 4 is 0 Å². The van der Waals surface area contributed by atoms with Gasteiger partial charge in [-0.2, -0.15) is 0 Å². The SMILES string of the molecule is CCC(C)Oc1ccc(-n2[c]ncc2)cc1. The van der Waals surface area contributed by atoms with Crippen LogP contribution in [0.4, 0.5) is 0 Å². The third-order valence-electron chi connectivity index (χ3n) is 2.48. The lowest BCUT2D eigenvalue weighted by Gasteiger charge is -2.12. The molecule has 3 heteroatoms. The van der Waals surface area contributed by atoms with Gasteiger partial charge in [-0.3, -0.25) is 4.57 Å². The molecule has 2 aromatic rings. The Balaban J connectivity index is 2.11. The Labute approximate surface area is 95.7 Å². The van der Waals surface area contributed by atoms with E-state index in [1.54, 1.807) is 6.20 Å². The summed E-state index contributed by atoms with van der Waals surface area (Å²) in [6.45, 7) is 4.18. The maximum absolute atomic E-state index is 5.70. The van der Waals surface area contributed by atoms with Crippen LogP contribution in [0.1, 0.15) is 20.3 Å². The Kier molecular flexibility index (Phi) is 3.25. The van der Waals surface area contributed by atoms with Gasteiger partial charge >= 0.3 is 0 Å². The highest BCUT2D eigenvalue weighted by atomic mass is 16.5. The van der Waals surface area contributed by atoms with E-state index in [0.29, 0.717) is 0 Å². The first kappa shape index (κ1) is 10.7. The number of benzene rings is 1. The number of aromatic nitrogens is 2. The van der Waals surface area contributed by atoms with Gasteiger partial charge in [0.25, 0.3) is 0 Å². The molecule has 0 aliphatic heterocycles. The monoisotopic (exact) mass is 215 g/mol. The average Bonchev–Trinajstić information content (AvgIpc) is 2.83. The second-order valence-corrected chi connectivity index (χ2v) is 3.73. The molecule has 83 valence electrons. The molecule has 0 saturated carbocycles. The van der Waals surface area contributed by atoms with Crippen LogP contribution in [-0.4, -0.2) is 15.7 Å². The summed E-state index contributed by atoms with van der Waals surface area (Å²) < 4.78 is 7.54. The topological polar surface area (TPSA) is 27.1 Å². The lowest BCUT2D eigenvalue weighted by molar-refractivity contribution is 0.217. The van der Waals surface area contributed by atoms with Crippen molar-refractivity contribution in [2.75, 3.05) is 0 Å². The van der Waals surface area contributed by atoms with E-state index in [2.05, 4.69) is 25.2 Å². The van der Waals surface area contributed by atoms with Gasteiger partial charge in [0.1, 0.15) is 5.75 Å². The first-order chi connectivity index (χ1) is 7.79. The molecule has 2 rings (SSSR count). The highest BCUT2D eigenvalue weighted by Gasteiger charge is 2.01. The molecule has 0 N–H and O–H groups in total. The molecule has 0 aliphatic carbocycles. The number of hydrogen-bond donors (Lipinski definition) is 0. The van der Waals surface area contributed by atoms with Crippen molar-refractivity contribution in [1.29, 1.82) is 0 Å². The summed E-state index contributed by atoms with van der Waals surface area (Å²) in [4.78, 5) is 3.89. The van der Waals surface area contributed by atoms with Crippen molar-refractivity contribution in [2.45, 2.75) is 26.4 Å². The maximum Gasteiger partial charge on any atom is 0.181 e. The molecule has 3 nitrogen and oxygen atoms in total. The van der Waals surface area contributed by atoms with E-state index in [9.17, 15) is 0 Å². The van der Waals surface area contributed by atoms with Gasteiger partial charge in [-0.05, 0) is 37.6 Å². The van der Waals surface area contributed by atoms with Gasteiger partial charge < -0.3 is 4.74 Å². The zero-order valence-corrected chi connectivity index (χ0v) is 9.55. The van der Waals surface area contributed by atoms with Crippen LogP contribution < -0.4 is 4.74 Å². The van der Waals surface area contributed by atoms with Gasteiger partial charge in [0.15, 0.2) is 6.33 Å². The number of hydrogen-bond acceptors (Lipinski definition) is 2. The molecule has 1 heterocycles. The Bertz CT molecular complexity index is 420. The number of rotatable bonds is 4. The van der Waals surface area contributed by atoms with Gasteiger partial charge in [0, 0.05) is 18.1 Å². The molecule has 0 bridgehead atoms. The van der Waals surface area contributed by atoms with Gasteiger partial charge in [-0.1, -0.05) is 6.92 Å². The normalized spacial score (nSPS) is 12.4. The van der Waals surface area contributed by atoms with Crippen LogP contribution in [0.5, 0.6) is 5.75 Å². The maximum atomic E-state index is 5.70.